The zero-order valence-electron chi connectivity index (χ0n) is 12.5. The smallest absolute Gasteiger partial charge is 0.244 e. The van der Waals surface area contributed by atoms with Gasteiger partial charge in [-0.3, -0.25) is 0 Å². The SMILES string of the molecule is CCCC1CCN(S(=O)(=O)c2cc(CO)cc(C)c2Br)C1. The standard InChI is InChI=1S/C15H22BrNO3S/c1-3-4-12-5-6-17(9-12)21(19,20)14-8-13(10-18)7-11(2)15(14)16/h7-8,12,18H,3-6,9-10H2,1-2H3. The Morgan fingerprint density at radius 1 is 1.43 bits per heavy atom. The van der Waals surface area contributed by atoms with Crippen LogP contribution in [0.25, 0.3) is 0 Å². The van der Waals surface area contributed by atoms with Crippen molar-refractivity contribution in [2.24, 2.45) is 5.92 Å². The topological polar surface area (TPSA) is 57.6 Å². The number of aliphatic hydroxyl groups excluding tert-OH is 1. The summed E-state index contributed by atoms with van der Waals surface area (Å²) in [7, 11) is -3.50. The van der Waals surface area contributed by atoms with Crippen LogP contribution in [0.3, 0.4) is 0 Å². The molecule has 0 spiro atoms. The highest BCUT2D eigenvalue weighted by atomic mass is 79.9. The molecule has 0 aliphatic carbocycles. The molecule has 1 aromatic carbocycles. The minimum Gasteiger partial charge on any atom is -0.392 e. The minimum atomic E-state index is -3.50. The number of hydrogen-bond acceptors (Lipinski definition) is 3. The first-order valence-electron chi connectivity index (χ1n) is 7.30. The number of halogens is 1. The fourth-order valence-electron chi connectivity index (χ4n) is 2.89. The van der Waals surface area contributed by atoms with E-state index >= 15 is 0 Å². The third-order valence-corrected chi connectivity index (χ3v) is 7.23. The van der Waals surface area contributed by atoms with Crippen molar-refractivity contribution < 1.29 is 13.5 Å². The molecule has 0 amide bonds. The summed E-state index contributed by atoms with van der Waals surface area (Å²) < 4.78 is 27.9. The molecule has 1 heterocycles. The first-order chi connectivity index (χ1) is 9.90. The number of sulfonamides is 1. The van der Waals surface area contributed by atoms with Gasteiger partial charge in [0.2, 0.25) is 10.0 Å². The van der Waals surface area contributed by atoms with E-state index in [2.05, 4.69) is 22.9 Å². The predicted molar refractivity (Wildman–Crippen MR) is 86.6 cm³/mol. The molecule has 0 aromatic heterocycles. The van der Waals surface area contributed by atoms with Crippen molar-refractivity contribution in [3.05, 3.63) is 27.7 Å². The van der Waals surface area contributed by atoms with Crippen molar-refractivity contribution >= 4 is 26.0 Å². The van der Waals surface area contributed by atoms with Gasteiger partial charge in [0.05, 0.1) is 11.5 Å². The number of rotatable bonds is 5. The molecule has 0 radical (unpaired) electrons. The van der Waals surface area contributed by atoms with E-state index in [0.29, 0.717) is 29.0 Å². The van der Waals surface area contributed by atoms with Gasteiger partial charge in [0.1, 0.15) is 0 Å². The molecule has 1 aliphatic heterocycles. The van der Waals surface area contributed by atoms with E-state index in [1.165, 1.54) is 0 Å². The van der Waals surface area contributed by atoms with Gasteiger partial charge < -0.3 is 5.11 Å². The second-order valence-corrected chi connectivity index (χ2v) is 8.39. The molecular formula is C15H22BrNO3S. The number of benzene rings is 1. The third-order valence-electron chi connectivity index (χ3n) is 4.03. The van der Waals surface area contributed by atoms with Crippen LogP contribution in [0.1, 0.15) is 37.3 Å². The van der Waals surface area contributed by atoms with Crippen molar-refractivity contribution in [2.75, 3.05) is 13.1 Å². The molecule has 1 aromatic rings. The van der Waals surface area contributed by atoms with Crippen LogP contribution < -0.4 is 0 Å². The van der Waals surface area contributed by atoms with Crippen LogP contribution in [0.4, 0.5) is 0 Å². The van der Waals surface area contributed by atoms with Gasteiger partial charge >= 0.3 is 0 Å². The molecule has 1 unspecified atom stereocenters. The van der Waals surface area contributed by atoms with Crippen molar-refractivity contribution in [2.45, 2.75) is 44.6 Å². The van der Waals surface area contributed by atoms with Gasteiger partial charge in [-0.1, -0.05) is 19.4 Å². The van der Waals surface area contributed by atoms with Crippen molar-refractivity contribution in [3.63, 3.8) is 0 Å². The summed E-state index contributed by atoms with van der Waals surface area (Å²) in [5.74, 6) is 0.464. The zero-order valence-corrected chi connectivity index (χ0v) is 14.9. The summed E-state index contributed by atoms with van der Waals surface area (Å²) in [6, 6.07) is 3.37. The van der Waals surface area contributed by atoms with E-state index in [1.807, 2.05) is 6.92 Å². The molecule has 2 rings (SSSR count). The van der Waals surface area contributed by atoms with Crippen LogP contribution in [-0.2, 0) is 16.6 Å². The fraction of sp³-hybridized carbons (Fsp3) is 0.600. The van der Waals surface area contributed by atoms with Gasteiger partial charge in [0.15, 0.2) is 0 Å². The first-order valence-corrected chi connectivity index (χ1v) is 9.53. The van der Waals surface area contributed by atoms with Crippen LogP contribution in [0.5, 0.6) is 0 Å². The molecule has 4 nitrogen and oxygen atoms in total. The summed E-state index contributed by atoms with van der Waals surface area (Å²) in [5.41, 5.74) is 1.45. The molecule has 0 bridgehead atoms. The second kappa shape index (κ2) is 6.77. The van der Waals surface area contributed by atoms with E-state index in [1.54, 1.807) is 16.4 Å². The predicted octanol–water partition coefficient (Wildman–Crippen LogP) is 3.06. The molecule has 0 saturated carbocycles. The molecule has 1 saturated heterocycles. The van der Waals surface area contributed by atoms with Crippen LogP contribution >= 0.6 is 15.9 Å². The second-order valence-electron chi connectivity index (χ2n) is 5.69. The van der Waals surface area contributed by atoms with Crippen molar-refractivity contribution in [3.8, 4) is 0 Å². The molecule has 1 N–H and O–H groups in total. The van der Waals surface area contributed by atoms with Crippen LogP contribution in [0, 0.1) is 12.8 Å². The number of aryl methyl sites for hydroxylation is 1. The summed E-state index contributed by atoms with van der Waals surface area (Å²) >= 11 is 3.38. The lowest BCUT2D eigenvalue weighted by Gasteiger charge is -2.19. The Labute approximate surface area is 135 Å². The number of aliphatic hydroxyl groups is 1. The quantitative estimate of drug-likeness (QED) is 0.859. The molecule has 1 atom stereocenters. The molecule has 118 valence electrons. The molecule has 1 fully saturated rings. The normalized spacial score (nSPS) is 20.1. The van der Waals surface area contributed by atoms with Crippen LogP contribution in [0.15, 0.2) is 21.5 Å². The van der Waals surface area contributed by atoms with Gasteiger partial charge in [-0.25, -0.2) is 8.42 Å². The molecule has 21 heavy (non-hydrogen) atoms. The first kappa shape index (κ1) is 16.9. The molecule has 1 aliphatic rings. The highest BCUT2D eigenvalue weighted by Crippen LogP contribution is 2.33. The monoisotopic (exact) mass is 375 g/mol. The lowest BCUT2D eigenvalue weighted by Crippen LogP contribution is -2.29. The Balaban J connectivity index is 2.34. The average molecular weight is 376 g/mol. The molecule has 6 heteroatoms. The summed E-state index contributed by atoms with van der Waals surface area (Å²) in [6.07, 6.45) is 3.09. The molecular weight excluding hydrogens is 354 g/mol. The Morgan fingerprint density at radius 3 is 2.76 bits per heavy atom. The highest BCUT2D eigenvalue weighted by Gasteiger charge is 2.33. The third kappa shape index (κ3) is 3.50. The van der Waals surface area contributed by atoms with Gasteiger partial charge in [0.25, 0.3) is 0 Å². The van der Waals surface area contributed by atoms with Gasteiger partial charge in [-0.15, -0.1) is 0 Å². The van der Waals surface area contributed by atoms with Crippen LogP contribution in [0.2, 0.25) is 0 Å². The van der Waals surface area contributed by atoms with Crippen molar-refractivity contribution in [1.82, 2.24) is 4.31 Å². The fourth-order valence-corrected chi connectivity index (χ4v) is 5.45. The zero-order chi connectivity index (χ0) is 15.6. The van der Waals surface area contributed by atoms with E-state index in [0.717, 1.165) is 24.8 Å². The van der Waals surface area contributed by atoms with E-state index in [-0.39, 0.29) is 11.5 Å². The number of hydrogen-bond donors (Lipinski definition) is 1. The van der Waals surface area contributed by atoms with Gasteiger partial charge in [-0.05, 0) is 58.8 Å². The van der Waals surface area contributed by atoms with E-state index in [4.69, 9.17) is 0 Å². The lowest BCUT2D eigenvalue weighted by atomic mass is 10.0. The van der Waals surface area contributed by atoms with E-state index in [9.17, 15) is 13.5 Å². The van der Waals surface area contributed by atoms with E-state index < -0.39 is 10.0 Å². The Bertz CT molecular complexity index is 616. The van der Waals surface area contributed by atoms with Gasteiger partial charge in [0, 0.05) is 17.6 Å². The average Bonchev–Trinajstić information content (AvgIpc) is 2.91. The Kier molecular flexibility index (Phi) is 5.46. The largest absolute Gasteiger partial charge is 0.392 e. The van der Waals surface area contributed by atoms with Crippen LogP contribution in [-0.4, -0.2) is 30.9 Å². The summed E-state index contributed by atoms with van der Waals surface area (Å²) in [4.78, 5) is 0.267. The summed E-state index contributed by atoms with van der Waals surface area (Å²) in [6.45, 7) is 5.00. The number of nitrogens with zero attached hydrogens (tertiary/aromatic N) is 1. The van der Waals surface area contributed by atoms with Crippen molar-refractivity contribution in [1.29, 1.82) is 0 Å². The minimum absolute atomic E-state index is 0.158. The Hall–Kier alpha value is -0.430. The highest BCUT2D eigenvalue weighted by molar-refractivity contribution is 9.10. The maximum atomic E-state index is 12.8. The lowest BCUT2D eigenvalue weighted by molar-refractivity contribution is 0.281. The summed E-state index contributed by atoms with van der Waals surface area (Å²) in [5, 5.41) is 9.30. The maximum Gasteiger partial charge on any atom is 0.244 e. The maximum absolute atomic E-state index is 12.8. The Morgan fingerprint density at radius 2 is 2.14 bits per heavy atom. The van der Waals surface area contributed by atoms with Gasteiger partial charge in [-0.2, -0.15) is 4.31 Å².